The summed E-state index contributed by atoms with van der Waals surface area (Å²) in [5.74, 6) is -0.750. The van der Waals surface area contributed by atoms with E-state index in [0.29, 0.717) is 5.56 Å². The van der Waals surface area contributed by atoms with Crippen molar-refractivity contribution in [2.45, 2.75) is 25.5 Å². The number of rotatable bonds is 3. The van der Waals surface area contributed by atoms with Crippen LogP contribution in [0.25, 0.3) is 0 Å². The van der Waals surface area contributed by atoms with Gasteiger partial charge in [0, 0.05) is 24.3 Å². The lowest BCUT2D eigenvalue weighted by molar-refractivity contribution is 0.181. The van der Waals surface area contributed by atoms with Crippen LogP contribution in [0.5, 0.6) is 0 Å². The maximum absolute atomic E-state index is 13.7. The van der Waals surface area contributed by atoms with E-state index in [-0.39, 0.29) is 24.0 Å². The highest BCUT2D eigenvalue weighted by Crippen LogP contribution is 2.27. The van der Waals surface area contributed by atoms with E-state index in [9.17, 15) is 8.78 Å². The topological polar surface area (TPSA) is 21.3 Å². The molecule has 88 valence electrons. The smallest absolute Gasteiger partial charge is 0.129 e. The molecule has 1 saturated heterocycles. The van der Waals surface area contributed by atoms with Gasteiger partial charge in [0.2, 0.25) is 0 Å². The molecule has 1 aliphatic rings. The number of benzene rings is 1. The molecule has 16 heavy (non-hydrogen) atoms. The van der Waals surface area contributed by atoms with Gasteiger partial charge in [0.25, 0.3) is 0 Å². The Hall–Kier alpha value is -1.00. The maximum atomic E-state index is 13.7. The largest absolute Gasteiger partial charge is 0.380 e. The third kappa shape index (κ3) is 2.23. The fourth-order valence-electron chi connectivity index (χ4n) is 2.09. The molecule has 0 aliphatic carbocycles. The Balaban J connectivity index is 2.29. The standard InChI is InChI=1S/C12H15F2NO/c1-16-7-8-5-11(14)9(6-10(8)13)12-3-2-4-15-12/h5-6,12,15H,2-4,7H2,1H3. The van der Waals surface area contributed by atoms with E-state index in [0.717, 1.165) is 19.4 Å². The second-order valence-electron chi connectivity index (χ2n) is 4.05. The SMILES string of the molecule is COCc1cc(F)c(C2CCCN2)cc1F. The van der Waals surface area contributed by atoms with E-state index >= 15 is 0 Å². The Labute approximate surface area is 93.6 Å². The summed E-state index contributed by atoms with van der Waals surface area (Å²) in [6, 6.07) is 2.46. The van der Waals surface area contributed by atoms with Crippen molar-refractivity contribution in [2.24, 2.45) is 0 Å². The molecule has 0 radical (unpaired) electrons. The van der Waals surface area contributed by atoms with Crippen molar-refractivity contribution in [1.29, 1.82) is 0 Å². The predicted octanol–water partition coefficient (Wildman–Crippen LogP) is 2.54. The van der Waals surface area contributed by atoms with Gasteiger partial charge < -0.3 is 10.1 Å². The molecule has 0 bridgehead atoms. The fraction of sp³-hybridized carbons (Fsp3) is 0.500. The molecule has 1 unspecified atom stereocenters. The van der Waals surface area contributed by atoms with Crippen LogP contribution in [0.15, 0.2) is 12.1 Å². The number of methoxy groups -OCH3 is 1. The van der Waals surface area contributed by atoms with Crippen LogP contribution >= 0.6 is 0 Å². The minimum absolute atomic E-state index is 0.0499. The second kappa shape index (κ2) is 4.89. The first kappa shape index (κ1) is 11.5. The molecular weight excluding hydrogens is 212 g/mol. The van der Waals surface area contributed by atoms with Gasteiger partial charge in [0.1, 0.15) is 11.6 Å². The average Bonchev–Trinajstić information content (AvgIpc) is 2.76. The van der Waals surface area contributed by atoms with Crippen molar-refractivity contribution in [2.75, 3.05) is 13.7 Å². The van der Waals surface area contributed by atoms with Gasteiger partial charge in [0.15, 0.2) is 0 Å². The summed E-state index contributed by atoms with van der Waals surface area (Å²) in [6.07, 6.45) is 1.87. The number of hydrogen-bond donors (Lipinski definition) is 1. The summed E-state index contributed by atoms with van der Waals surface area (Å²) >= 11 is 0. The molecule has 1 N–H and O–H groups in total. The molecule has 0 saturated carbocycles. The minimum Gasteiger partial charge on any atom is -0.380 e. The number of halogens is 2. The van der Waals surface area contributed by atoms with Crippen LogP contribution in [0.2, 0.25) is 0 Å². The van der Waals surface area contributed by atoms with Crippen molar-refractivity contribution < 1.29 is 13.5 Å². The molecular formula is C12H15F2NO. The van der Waals surface area contributed by atoms with Crippen LogP contribution in [0, 0.1) is 11.6 Å². The second-order valence-corrected chi connectivity index (χ2v) is 4.05. The molecule has 0 aromatic heterocycles. The molecule has 0 spiro atoms. The highest BCUT2D eigenvalue weighted by Gasteiger charge is 2.21. The summed E-state index contributed by atoms with van der Waals surface area (Å²) in [5, 5.41) is 3.15. The lowest BCUT2D eigenvalue weighted by atomic mass is 10.0. The highest BCUT2D eigenvalue weighted by molar-refractivity contribution is 5.28. The zero-order valence-corrected chi connectivity index (χ0v) is 9.22. The van der Waals surface area contributed by atoms with Crippen molar-refractivity contribution >= 4 is 0 Å². The van der Waals surface area contributed by atoms with Crippen LogP contribution in [-0.4, -0.2) is 13.7 Å². The van der Waals surface area contributed by atoms with Gasteiger partial charge in [-0.05, 0) is 31.5 Å². The van der Waals surface area contributed by atoms with Gasteiger partial charge in [-0.2, -0.15) is 0 Å². The van der Waals surface area contributed by atoms with Crippen molar-refractivity contribution in [3.05, 3.63) is 34.9 Å². The Morgan fingerprint density at radius 2 is 2.19 bits per heavy atom. The molecule has 1 aromatic rings. The molecule has 2 nitrogen and oxygen atoms in total. The van der Waals surface area contributed by atoms with E-state index in [4.69, 9.17) is 4.74 Å². The molecule has 0 amide bonds. The van der Waals surface area contributed by atoms with Crippen molar-refractivity contribution in [3.8, 4) is 0 Å². The molecule has 4 heteroatoms. The summed E-state index contributed by atoms with van der Waals surface area (Å²) < 4.78 is 32.1. The van der Waals surface area contributed by atoms with Gasteiger partial charge in [-0.3, -0.25) is 0 Å². The van der Waals surface area contributed by atoms with Crippen LogP contribution in [0.3, 0.4) is 0 Å². The molecule has 1 atom stereocenters. The van der Waals surface area contributed by atoms with E-state index in [1.807, 2.05) is 0 Å². The summed E-state index contributed by atoms with van der Waals surface area (Å²) in [5.41, 5.74) is 0.691. The van der Waals surface area contributed by atoms with Gasteiger partial charge in [0.05, 0.1) is 6.61 Å². The monoisotopic (exact) mass is 227 g/mol. The Morgan fingerprint density at radius 1 is 1.38 bits per heavy atom. The number of nitrogens with one attached hydrogen (secondary N) is 1. The third-order valence-corrected chi connectivity index (χ3v) is 2.90. The molecule has 1 aliphatic heterocycles. The minimum atomic E-state index is -0.396. The Morgan fingerprint density at radius 3 is 2.81 bits per heavy atom. The summed E-state index contributed by atoms with van der Waals surface area (Å²) in [7, 11) is 1.46. The van der Waals surface area contributed by atoms with Gasteiger partial charge in [-0.25, -0.2) is 8.78 Å². The quantitative estimate of drug-likeness (QED) is 0.856. The zero-order chi connectivity index (χ0) is 11.5. The zero-order valence-electron chi connectivity index (χ0n) is 9.22. The van der Waals surface area contributed by atoms with Crippen LogP contribution in [-0.2, 0) is 11.3 Å². The highest BCUT2D eigenvalue weighted by atomic mass is 19.1. The maximum Gasteiger partial charge on any atom is 0.129 e. The molecule has 1 aromatic carbocycles. The Kier molecular flexibility index (Phi) is 3.51. The van der Waals surface area contributed by atoms with Crippen molar-refractivity contribution in [3.63, 3.8) is 0 Å². The van der Waals surface area contributed by atoms with Gasteiger partial charge >= 0.3 is 0 Å². The van der Waals surface area contributed by atoms with E-state index in [2.05, 4.69) is 5.32 Å². The fourth-order valence-corrected chi connectivity index (χ4v) is 2.09. The number of ether oxygens (including phenoxy) is 1. The van der Waals surface area contributed by atoms with Gasteiger partial charge in [-0.1, -0.05) is 0 Å². The lowest BCUT2D eigenvalue weighted by Crippen LogP contribution is -2.15. The summed E-state index contributed by atoms with van der Waals surface area (Å²) in [6.45, 7) is 0.965. The van der Waals surface area contributed by atoms with E-state index in [1.165, 1.54) is 19.2 Å². The van der Waals surface area contributed by atoms with Gasteiger partial charge in [-0.15, -0.1) is 0 Å². The first-order valence-corrected chi connectivity index (χ1v) is 5.42. The number of hydrogen-bond acceptors (Lipinski definition) is 2. The van der Waals surface area contributed by atoms with Crippen molar-refractivity contribution in [1.82, 2.24) is 5.32 Å². The first-order chi connectivity index (χ1) is 7.72. The molecule has 2 rings (SSSR count). The molecule has 1 fully saturated rings. The van der Waals surface area contributed by atoms with Crippen LogP contribution < -0.4 is 5.32 Å². The summed E-state index contributed by atoms with van der Waals surface area (Å²) in [4.78, 5) is 0. The Bertz CT molecular complexity index is 376. The van der Waals surface area contributed by atoms with Crippen LogP contribution in [0.1, 0.15) is 30.0 Å². The van der Waals surface area contributed by atoms with Crippen LogP contribution in [0.4, 0.5) is 8.78 Å². The third-order valence-electron chi connectivity index (χ3n) is 2.90. The molecule has 1 heterocycles. The average molecular weight is 227 g/mol. The van der Waals surface area contributed by atoms with E-state index in [1.54, 1.807) is 0 Å². The van der Waals surface area contributed by atoms with E-state index < -0.39 is 5.82 Å². The first-order valence-electron chi connectivity index (χ1n) is 5.42. The predicted molar refractivity (Wildman–Crippen MR) is 57.0 cm³/mol. The normalized spacial score (nSPS) is 20.3. The lowest BCUT2D eigenvalue weighted by Gasteiger charge is -2.13.